The third-order valence-electron chi connectivity index (χ3n) is 6.89. The summed E-state index contributed by atoms with van der Waals surface area (Å²) in [6.45, 7) is 4.22. The molecule has 202 valence electrons. The van der Waals surface area contributed by atoms with E-state index in [2.05, 4.69) is 5.32 Å². The predicted octanol–water partition coefficient (Wildman–Crippen LogP) is 5.06. The van der Waals surface area contributed by atoms with Crippen LogP contribution in [-0.4, -0.2) is 50.0 Å². The second-order valence-electron chi connectivity index (χ2n) is 9.79. The second kappa shape index (κ2) is 13.3. The summed E-state index contributed by atoms with van der Waals surface area (Å²) in [7, 11) is -3.53. The van der Waals surface area contributed by atoms with Gasteiger partial charge in [-0.3, -0.25) is 13.9 Å². The average Bonchev–Trinajstić information content (AvgIpc) is 3.36. The van der Waals surface area contributed by atoms with E-state index in [4.69, 9.17) is 11.6 Å². The molecule has 2 aromatic rings. The van der Waals surface area contributed by atoms with Crippen LogP contribution in [0.2, 0.25) is 5.02 Å². The third-order valence-corrected chi connectivity index (χ3v) is 8.32. The number of amides is 2. The van der Waals surface area contributed by atoms with Crippen LogP contribution < -0.4 is 9.62 Å². The number of nitrogens with one attached hydrogen (secondary N) is 1. The Morgan fingerprint density at radius 1 is 1.08 bits per heavy atom. The highest BCUT2D eigenvalue weighted by Crippen LogP contribution is 2.24. The lowest BCUT2D eigenvalue weighted by atomic mass is 10.1. The molecule has 0 bridgehead atoms. The molecule has 3 rings (SSSR count). The number of carbonyl (C=O) groups excluding carboxylic acids is 2. The summed E-state index contributed by atoms with van der Waals surface area (Å²) in [5.74, 6) is -0.309. The molecule has 0 aromatic heterocycles. The van der Waals surface area contributed by atoms with E-state index in [0.29, 0.717) is 23.6 Å². The fourth-order valence-electron chi connectivity index (χ4n) is 4.90. The number of nitrogens with zero attached hydrogens (tertiary/aromatic N) is 2. The molecule has 1 aliphatic rings. The van der Waals surface area contributed by atoms with Gasteiger partial charge in [-0.05, 0) is 61.9 Å². The second-order valence-corrected chi connectivity index (χ2v) is 12.1. The van der Waals surface area contributed by atoms with Gasteiger partial charge in [0.15, 0.2) is 0 Å². The normalized spacial score (nSPS) is 14.8. The zero-order valence-electron chi connectivity index (χ0n) is 22.0. The van der Waals surface area contributed by atoms with Gasteiger partial charge in [-0.15, -0.1) is 0 Å². The van der Waals surface area contributed by atoms with Gasteiger partial charge in [0.1, 0.15) is 6.04 Å². The molecule has 37 heavy (non-hydrogen) atoms. The van der Waals surface area contributed by atoms with Gasteiger partial charge in [-0.25, -0.2) is 8.42 Å². The first-order valence-corrected chi connectivity index (χ1v) is 15.2. The van der Waals surface area contributed by atoms with E-state index >= 15 is 0 Å². The monoisotopic (exact) mass is 547 g/mol. The first-order valence-electron chi connectivity index (χ1n) is 13.0. The molecule has 0 radical (unpaired) electrons. The molecule has 1 atom stereocenters. The van der Waals surface area contributed by atoms with Crippen molar-refractivity contribution in [3.63, 3.8) is 0 Å². The summed E-state index contributed by atoms with van der Waals surface area (Å²) in [4.78, 5) is 28.4. The van der Waals surface area contributed by atoms with Crippen molar-refractivity contribution in [1.82, 2.24) is 10.2 Å². The van der Waals surface area contributed by atoms with Crippen LogP contribution in [0.3, 0.4) is 0 Å². The molecule has 0 spiro atoms. The minimum Gasteiger partial charge on any atom is -0.352 e. The number of sulfonamides is 1. The summed E-state index contributed by atoms with van der Waals surface area (Å²) >= 11 is 6.04. The topological polar surface area (TPSA) is 86.8 Å². The van der Waals surface area contributed by atoms with Crippen molar-refractivity contribution in [2.24, 2.45) is 0 Å². The Morgan fingerprint density at radius 3 is 2.32 bits per heavy atom. The van der Waals surface area contributed by atoms with Gasteiger partial charge < -0.3 is 10.2 Å². The van der Waals surface area contributed by atoms with E-state index in [1.54, 1.807) is 29.2 Å². The summed E-state index contributed by atoms with van der Waals surface area (Å²) in [5, 5.41) is 3.74. The van der Waals surface area contributed by atoms with E-state index in [-0.39, 0.29) is 37.4 Å². The summed E-state index contributed by atoms with van der Waals surface area (Å²) in [6, 6.07) is 14.1. The molecule has 0 unspecified atom stereocenters. The molecule has 2 aromatic carbocycles. The zero-order valence-corrected chi connectivity index (χ0v) is 23.5. The minimum atomic E-state index is -3.53. The molecule has 0 aliphatic heterocycles. The molecule has 1 saturated carbocycles. The van der Waals surface area contributed by atoms with Crippen LogP contribution in [0.15, 0.2) is 48.5 Å². The summed E-state index contributed by atoms with van der Waals surface area (Å²) < 4.78 is 26.4. The predicted molar refractivity (Wildman–Crippen MR) is 149 cm³/mol. The standard InChI is InChI=1S/C28H38ClN3O4S/c1-4-25(28(34)30-24-11-6-7-12-24)31(20-22-15-17-23(29)18-16-22)27(33)14-9-19-32(37(3,35)36)26-13-8-5-10-21(26)2/h5,8,10,13,15-18,24-25H,4,6-7,9,11-12,14,19-20H2,1-3H3,(H,30,34)/t25-/m0/s1. The van der Waals surface area contributed by atoms with Gasteiger partial charge in [-0.1, -0.05) is 61.7 Å². The minimum absolute atomic E-state index is 0.124. The molecule has 1 aliphatic carbocycles. The Hall–Kier alpha value is -2.58. The number of carbonyl (C=O) groups is 2. The van der Waals surface area contributed by atoms with Gasteiger partial charge >= 0.3 is 0 Å². The number of benzene rings is 2. The zero-order chi connectivity index (χ0) is 27.0. The molecule has 9 heteroatoms. The molecule has 0 saturated heterocycles. The number of rotatable bonds is 12. The first kappa shape index (κ1) is 29.0. The number of halogens is 1. The smallest absolute Gasteiger partial charge is 0.243 e. The van der Waals surface area contributed by atoms with Crippen LogP contribution in [0.25, 0.3) is 0 Å². The maximum absolute atomic E-state index is 13.5. The largest absolute Gasteiger partial charge is 0.352 e. The van der Waals surface area contributed by atoms with Crippen LogP contribution in [0, 0.1) is 6.92 Å². The lowest BCUT2D eigenvalue weighted by Crippen LogP contribution is -2.51. The molecular weight excluding hydrogens is 510 g/mol. The Kier molecular flexibility index (Phi) is 10.4. The molecule has 7 nitrogen and oxygen atoms in total. The number of hydrogen-bond donors (Lipinski definition) is 1. The molecule has 0 heterocycles. The quantitative estimate of drug-likeness (QED) is 0.402. The fourth-order valence-corrected chi connectivity index (χ4v) is 6.05. The number of para-hydroxylation sites is 1. The Morgan fingerprint density at radius 2 is 1.73 bits per heavy atom. The number of anilines is 1. The van der Waals surface area contributed by atoms with Gasteiger partial charge in [0, 0.05) is 30.6 Å². The summed E-state index contributed by atoms with van der Waals surface area (Å²) in [5.41, 5.74) is 2.33. The highest BCUT2D eigenvalue weighted by atomic mass is 35.5. The van der Waals surface area contributed by atoms with Crippen LogP contribution in [0.5, 0.6) is 0 Å². The molecular formula is C28H38ClN3O4S. The van der Waals surface area contributed by atoms with Crippen molar-refractivity contribution in [3.05, 3.63) is 64.7 Å². The molecule has 1 N–H and O–H groups in total. The fraction of sp³-hybridized carbons (Fsp3) is 0.500. The van der Waals surface area contributed by atoms with Crippen molar-refractivity contribution >= 4 is 39.1 Å². The van der Waals surface area contributed by atoms with Gasteiger partial charge in [0.05, 0.1) is 11.9 Å². The number of hydrogen-bond acceptors (Lipinski definition) is 4. The van der Waals surface area contributed by atoms with Crippen molar-refractivity contribution < 1.29 is 18.0 Å². The van der Waals surface area contributed by atoms with Crippen LogP contribution in [0.1, 0.15) is 63.0 Å². The van der Waals surface area contributed by atoms with E-state index in [1.165, 1.54) is 10.6 Å². The average molecular weight is 548 g/mol. The lowest BCUT2D eigenvalue weighted by molar-refractivity contribution is -0.141. The highest BCUT2D eigenvalue weighted by molar-refractivity contribution is 7.92. The molecule has 2 amide bonds. The Bertz CT molecular complexity index is 1160. The van der Waals surface area contributed by atoms with Crippen molar-refractivity contribution in [2.45, 2.75) is 77.4 Å². The maximum Gasteiger partial charge on any atom is 0.243 e. The van der Waals surface area contributed by atoms with E-state index in [1.807, 2.05) is 38.1 Å². The van der Waals surface area contributed by atoms with Crippen LogP contribution in [-0.2, 0) is 26.2 Å². The molecule has 1 fully saturated rings. The van der Waals surface area contributed by atoms with Crippen LogP contribution in [0.4, 0.5) is 5.69 Å². The number of aryl methyl sites for hydroxylation is 1. The Balaban J connectivity index is 1.76. The highest BCUT2D eigenvalue weighted by Gasteiger charge is 2.30. The van der Waals surface area contributed by atoms with Crippen molar-refractivity contribution in [1.29, 1.82) is 0 Å². The van der Waals surface area contributed by atoms with E-state index < -0.39 is 16.1 Å². The van der Waals surface area contributed by atoms with Gasteiger partial charge in [-0.2, -0.15) is 0 Å². The lowest BCUT2D eigenvalue weighted by Gasteiger charge is -2.32. The SMILES string of the molecule is CC[C@@H](C(=O)NC1CCCC1)N(Cc1ccc(Cl)cc1)C(=O)CCCN(c1ccccc1C)S(C)(=O)=O. The first-order chi connectivity index (χ1) is 17.6. The van der Waals surface area contributed by atoms with Crippen LogP contribution >= 0.6 is 11.6 Å². The van der Waals surface area contributed by atoms with Gasteiger partial charge in [0.2, 0.25) is 21.8 Å². The Labute approximate surface area is 226 Å². The van der Waals surface area contributed by atoms with Crippen molar-refractivity contribution in [3.8, 4) is 0 Å². The van der Waals surface area contributed by atoms with Crippen molar-refractivity contribution in [2.75, 3.05) is 17.1 Å². The summed E-state index contributed by atoms with van der Waals surface area (Å²) in [6.07, 6.45) is 6.25. The third kappa shape index (κ3) is 8.20. The van der Waals surface area contributed by atoms with Gasteiger partial charge in [0.25, 0.3) is 0 Å². The maximum atomic E-state index is 13.5. The van der Waals surface area contributed by atoms with E-state index in [0.717, 1.165) is 36.8 Å². The van der Waals surface area contributed by atoms with E-state index in [9.17, 15) is 18.0 Å².